The van der Waals surface area contributed by atoms with Gasteiger partial charge in [0.15, 0.2) is 5.13 Å². The molecule has 1 aromatic heterocycles. The summed E-state index contributed by atoms with van der Waals surface area (Å²) in [6, 6.07) is 0. The highest BCUT2D eigenvalue weighted by molar-refractivity contribution is 7.25. The van der Waals surface area contributed by atoms with Crippen molar-refractivity contribution in [3.8, 4) is 0 Å². The van der Waals surface area contributed by atoms with E-state index in [0.717, 1.165) is 0 Å². The second-order valence-electron chi connectivity index (χ2n) is 5.13. The predicted molar refractivity (Wildman–Crippen MR) is 76.9 cm³/mol. The van der Waals surface area contributed by atoms with Crippen molar-refractivity contribution < 1.29 is 21.6 Å². The number of hydrogen-bond acceptors (Lipinski definition) is 5. The van der Waals surface area contributed by atoms with Gasteiger partial charge in [-0.05, 0) is 34.5 Å². The Kier molecular flexibility index (Phi) is 1.46. The maximum Gasteiger partial charge on any atom is 0.507 e. The Hall–Kier alpha value is -0.585. The maximum absolute atomic E-state index is 7.71. The lowest BCUT2D eigenvalue weighted by atomic mass is 9.86. The van der Waals surface area contributed by atoms with Gasteiger partial charge in [-0.15, -0.1) is 11.3 Å². The standard InChI is InChI=1S/C12H21BN2O2S/c1-8-9(18-10(14-8)15(6)7)13-16-11(2,3)12(4,5)17-13/h1-7H3/i1D3,6D3,7D3. The minimum atomic E-state index is -3.04. The number of hydrogen-bond donors (Lipinski definition) is 0. The summed E-state index contributed by atoms with van der Waals surface area (Å²) in [5.74, 6) is 0. The molecule has 0 aromatic carbocycles. The molecule has 0 bridgehead atoms. The quantitative estimate of drug-likeness (QED) is 0.772. The van der Waals surface area contributed by atoms with Crippen LogP contribution in [0.4, 0.5) is 5.13 Å². The molecule has 0 spiro atoms. The molecule has 2 heterocycles. The molecule has 0 saturated carbocycles. The van der Waals surface area contributed by atoms with Crippen molar-refractivity contribution in [1.29, 1.82) is 0 Å². The zero-order valence-electron chi connectivity index (χ0n) is 19.7. The fourth-order valence-electron chi connectivity index (χ4n) is 1.53. The topological polar surface area (TPSA) is 34.6 Å². The number of aromatic nitrogens is 1. The van der Waals surface area contributed by atoms with Crippen molar-refractivity contribution in [2.24, 2.45) is 0 Å². The van der Waals surface area contributed by atoms with Crippen LogP contribution in [0.1, 0.15) is 45.7 Å². The van der Waals surface area contributed by atoms with Gasteiger partial charge in [0.05, 0.1) is 21.7 Å². The fourth-order valence-corrected chi connectivity index (χ4v) is 2.29. The lowest BCUT2D eigenvalue weighted by Crippen LogP contribution is -2.41. The van der Waals surface area contributed by atoms with Gasteiger partial charge < -0.3 is 14.2 Å². The highest BCUT2D eigenvalue weighted by Gasteiger charge is 2.52. The van der Waals surface area contributed by atoms with E-state index < -0.39 is 49.9 Å². The Bertz CT molecular complexity index is 681. The van der Waals surface area contributed by atoms with E-state index in [4.69, 9.17) is 21.6 Å². The van der Waals surface area contributed by atoms with E-state index >= 15 is 0 Å². The summed E-state index contributed by atoms with van der Waals surface area (Å²) in [6.45, 7) is -1.67. The van der Waals surface area contributed by atoms with Crippen molar-refractivity contribution in [3.63, 3.8) is 0 Å². The van der Waals surface area contributed by atoms with E-state index in [1.54, 1.807) is 27.7 Å². The molecule has 100 valence electrons. The minimum Gasteiger partial charge on any atom is -0.399 e. The van der Waals surface area contributed by atoms with E-state index in [1.807, 2.05) is 0 Å². The molecule has 1 aromatic rings. The van der Waals surface area contributed by atoms with Crippen molar-refractivity contribution in [2.75, 3.05) is 18.9 Å². The molecule has 2 rings (SSSR count). The van der Waals surface area contributed by atoms with Crippen molar-refractivity contribution in [1.82, 2.24) is 4.98 Å². The lowest BCUT2D eigenvalue weighted by Gasteiger charge is -2.32. The zero-order chi connectivity index (χ0) is 21.2. The highest BCUT2D eigenvalue weighted by atomic mass is 32.1. The Labute approximate surface area is 126 Å². The van der Waals surface area contributed by atoms with E-state index in [2.05, 4.69) is 4.98 Å². The Balaban J connectivity index is 2.60. The molecule has 1 aliphatic rings. The molecular formula is C12H21BN2O2S. The Morgan fingerprint density at radius 1 is 1.22 bits per heavy atom. The van der Waals surface area contributed by atoms with Crippen molar-refractivity contribution in [2.45, 2.75) is 45.7 Å². The van der Waals surface area contributed by atoms with Gasteiger partial charge in [0, 0.05) is 26.3 Å². The van der Waals surface area contributed by atoms with Crippen LogP contribution in [0.15, 0.2) is 0 Å². The number of thiazole rings is 1. The van der Waals surface area contributed by atoms with Gasteiger partial charge in [-0.2, -0.15) is 0 Å². The summed E-state index contributed by atoms with van der Waals surface area (Å²) in [6.07, 6.45) is 0. The zero-order valence-corrected chi connectivity index (χ0v) is 11.5. The Morgan fingerprint density at radius 2 is 1.83 bits per heavy atom. The highest BCUT2D eigenvalue weighted by Crippen LogP contribution is 2.37. The van der Waals surface area contributed by atoms with Gasteiger partial charge in [-0.25, -0.2) is 4.98 Å². The van der Waals surface area contributed by atoms with Crippen LogP contribution >= 0.6 is 11.3 Å². The van der Waals surface area contributed by atoms with Gasteiger partial charge in [-0.3, -0.25) is 0 Å². The first-order valence-corrected chi connectivity index (χ1v) is 6.26. The molecule has 0 aliphatic carbocycles. The SMILES string of the molecule is [2H]C([2H])([2H])c1nc(N(C([2H])([2H])[2H])C([2H])([2H])[2H])sc1B1OC(C)(C)C(C)(C)O1. The largest absolute Gasteiger partial charge is 0.507 e. The van der Waals surface area contributed by atoms with Crippen LogP contribution in [0, 0.1) is 6.85 Å². The third-order valence-corrected chi connectivity index (χ3v) is 4.36. The number of aryl methyl sites for hydroxylation is 1. The first kappa shape index (κ1) is 6.24. The van der Waals surface area contributed by atoms with E-state index in [0.29, 0.717) is 11.3 Å². The molecule has 0 atom stereocenters. The van der Waals surface area contributed by atoms with Crippen LogP contribution in [0.25, 0.3) is 0 Å². The molecule has 1 saturated heterocycles. The summed E-state index contributed by atoms with van der Waals surface area (Å²) in [7, 11) is -1.10. The summed E-state index contributed by atoms with van der Waals surface area (Å²) < 4.78 is 79.9. The van der Waals surface area contributed by atoms with Gasteiger partial charge in [0.1, 0.15) is 0 Å². The maximum atomic E-state index is 7.71. The fraction of sp³-hybridized carbons (Fsp3) is 0.750. The van der Waals surface area contributed by atoms with Crippen LogP contribution < -0.4 is 9.68 Å². The third-order valence-electron chi connectivity index (χ3n) is 3.30. The summed E-state index contributed by atoms with van der Waals surface area (Å²) in [4.78, 5) is 4.02. The Morgan fingerprint density at radius 3 is 2.33 bits per heavy atom. The molecule has 0 radical (unpaired) electrons. The van der Waals surface area contributed by atoms with Crippen LogP contribution in [0.3, 0.4) is 0 Å². The second-order valence-corrected chi connectivity index (χ2v) is 6.14. The van der Waals surface area contributed by atoms with Crippen LogP contribution in [0.5, 0.6) is 0 Å². The average Bonchev–Trinajstić information content (AvgIpc) is 2.85. The van der Waals surface area contributed by atoms with Gasteiger partial charge >= 0.3 is 7.12 Å². The minimum absolute atomic E-state index is 0.0298. The molecule has 1 fully saturated rings. The molecule has 0 N–H and O–H groups in total. The first-order chi connectivity index (χ1) is 11.8. The normalized spacial score (nSPS) is 30.9. The second kappa shape index (κ2) is 4.22. The van der Waals surface area contributed by atoms with Gasteiger partial charge in [-0.1, -0.05) is 0 Å². The molecular weight excluding hydrogens is 247 g/mol. The predicted octanol–water partition coefficient (Wildman–Crippen LogP) is 1.82. The van der Waals surface area contributed by atoms with Crippen molar-refractivity contribution in [3.05, 3.63) is 5.69 Å². The number of rotatable bonds is 2. The summed E-state index contributed by atoms with van der Waals surface area (Å²) >= 11 is 0.632. The number of nitrogens with zero attached hydrogens (tertiary/aromatic N) is 2. The molecule has 6 heteroatoms. The van der Waals surface area contributed by atoms with Crippen LogP contribution in [-0.4, -0.2) is 37.3 Å². The molecule has 1 aliphatic heterocycles. The van der Waals surface area contributed by atoms with Crippen LogP contribution in [0.2, 0.25) is 0 Å². The van der Waals surface area contributed by atoms with Crippen molar-refractivity contribution >= 4 is 28.4 Å². The van der Waals surface area contributed by atoms with Gasteiger partial charge in [0.2, 0.25) is 0 Å². The van der Waals surface area contributed by atoms with E-state index in [1.165, 1.54) is 0 Å². The molecule has 18 heavy (non-hydrogen) atoms. The monoisotopic (exact) mass is 277 g/mol. The van der Waals surface area contributed by atoms with Gasteiger partial charge in [0.25, 0.3) is 0 Å². The lowest BCUT2D eigenvalue weighted by molar-refractivity contribution is 0.00578. The average molecular weight is 277 g/mol. The first-order valence-electron chi connectivity index (χ1n) is 9.94. The molecule has 0 unspecified atom stereocenters. The molecule has 4 nitrogen and oxygen atoms in total. The van der Waals surface area contributed by atoms with Crippen LogP contribution in [-0.2, 0) is 9.31 Å². The summed E-state index contributed by atoms with van der Waals surface area (Å²) in [5, 5.41) is -0.453. The number of anilines is 1. The molecule has 0 amide bonds. The third kappa shape index (κ3) is 2.17. The van der Waals surface area contributed by atoms with E-state index in [-0.39, 0.29) is 9.68 Å². The smallest absolute Gasteiger partial charge is 0.399 e. The summed E-state index contributed by atoms with van der Waals surface area (Å²) in [5.41, 5.74) is -1.96. The van der Waals surface area contributed by atoms with E-state index in [9.17, 15) is 0 Å².